The summed E-state index contributed by atoms with van der Waals surface area (Å²) in [6.45, 7) is 7.36. The van der Waals surface area contributed by atoms with Crippen molar-refractivity contribution in [3.8, 4) is 0 Å². The van der Waals surface area contributed by atoms with Gasteiger partial charge in [0.05, 0.1) is 0 Å². The van der Waals surface area contributed by atoms with Crippen molar-refractivity contribution in [1.29, 1.82) is 0 Å². The number of benzene rings is 1. The average Bonchev–Trinajstić information content (AvgIpc) is 2.41. The number of fused-ring (bicyclic) bond motifs is 1. The lowest BCUT2D eigenvalue weighted by molar-refractivity contribution is 0.552. The first-order chi connectivity index (χ1) is 6.65. The standard InChI is InChI=1S/C12H18N2/c1-12(2)9-14(8-7-13)11-6-4-3-5-10(11)12/h3-6H,7-9,13H2,1-2H3. The third-order valence-electron chi connectivity index (χ3n) is 2.96. The monoisotopic (exact) mass is 190 g/mol. The fourth-order valence-corrected chi connectivity index (χ4v) is 2.32. The van der Waals surface area contributed by atoms with Gasteiger partial charge in [-0.3, -0.25) is 0 Å². The van der Waals surface area contributed by atoms with Crippen molar-refractivity contribution in [2.75, 3.05) is 24.5 Å². The second kappa shape index (κ2) is 3.28. The summed E-state index contributed by atoms with van der Waals surface area (Å²) < 4.78 is 0. The summed E-state index contributed by atoms with van der Waals surface area (Å²) in [7, 11) is 0. The summed E-state index contributed by atoms with van der Waals surface area (Å²) in [5, 5.41) is 0. The van der Waals surface area contributed by atoms with E-state index >= 15 is 0 Å². The van der Waals surface area contributed by atoms with E-state index in [0.717, 1.165) is 19.6 Å². The van der Waals surface area contributed by atoms with Crippen LogP contribution in [-0.2, 0) is 5.41 Å². The van der Waals surface area contributed by atoms with E-state index in [9.17, 15) is 0 Å². The van der Waals surface area contributed by atoms with E-state index in [0.29, 0.717) is 0 Å². The molecule has 1 aromatic carbocycles. The quantitative estimate of drug-likeness (QED) is 0.769. The summed E-state index contributed by atoms with van der Waals surface area (Å²) in [5.74, 6) is 0. The van der Waals surface area contributed by atoms with Crippen molar-refractivity contribution in [2.24, 2.45) is 5.73 Å². The van der Waals surface area contributed by atoms with Gasteiger partial charge in [0.15, 0.2) is 0 Å². The van der Waals surface area contributed by atoms with Crippen LogP contribution in [0.3, 0.4) is 0 Å². The van der Waals surface area contributed by atoms with Crippen molar-refractivity contribution < 1.29 is 0 Å². The zero-order valence-corrected chi connectivity index (χ0v) is 8.96. The first-order valence-electron chi connectivity index (χ1n) is 5.20. The maximum atomic E-state index is 5.61. The van der Waals surface area contributed by atoms with Gasteiger partial charge in [-0.05, 0) is 11.6 Å². The summed E-state index contributed by atoms with van der Waals surface area (Å²) in [5.41, 5.74) is 8.70. The van der Waals surface area contributed by atoms with Crippen LogP contribution >= 0.6 is 0 Å². The van der Waals surface area contributed by atoms with Gasteiger partial charge in [0.2, 0.25) is 0 Å². The van der Waals surface area contributed by atoms with Gasteiger partial charge in [-0.25, -0.2) is 0 Å². The Morgan fingerprint density at radius 3 is 2.79 bits per heavy atom. The summed E-state index contributed by atoms with van der Waals surface area (Å²) in [4.78, 5) is 2.38. The van der Waals surface area contributed by atoms with Crippen LogP contribution < -0.4 is 10.6 Å². The second-order valence-corrected chi connectivity index (χ2v) is 4.61. The third-order valence-corrected chi connectivity index (χ3v) is 2.96. The van der Waals surface area contributed by atoms with E-state index < -0.39 is 0 Å². The molecule has 0 saturated carbocycles. The molecule has 2 rings (SSSR count). The molecule has 0 aromatic heterocycles. The highest BCUT2D eigenvalue weighted by atomic mass is 15.2. The normalized spacial score (nSPS) is 18.4. The minimum atomic E-state index is 0.270. The van der Waals surface area contributed by atoms with Gasteiger partial charge in [0, 0.05) is 30.7 Å². The van der Waals surface area contributed by atoms with Crippen molar-refractivity contribution in [1.82, 2.24) is 0 Å². The van der Waals surface area contributed by atoms with E-state index in [2.05, 4.69) is 43.0 Å². The van der Waals surface area contributed by atoms with E-state index in [1.54, 1.807) is 0 Å². The van der Waals surface area contributed by atoms with Gasteiger partial charge in [0.25, 0.3) is 0 Å². The molecule has 1 heterocycles. The zero-order valence-electron chi connectivity index (χ0n) is 8.96. The van der Waals surface area contributed by atoms with E-state index in [1.165, 1.54) is 11.3 Å². The number of rotatable bonds is 2. The lowest BCUT2D eigenvalue weighted by Crippen LogP contribution is -2.32. The first kappa shape index (κ1) is 9.53. The second-order valence-electron chi connectivity index (χ2n) is 4.61. The Bertz CT molecular complexity index is 331. The fourth-order valence-electron chi connectivity index (χ4n) is 2.32. The average molecular weight is 190 g/mol. The molecule has 1 aromatic rings. The molecule has 0 unspecified atom stereocenters. The molecular weight excluding hydrogens is 172 g/mol. The van der Waals surface area contributed by atoms with E-state index in [4.69, 9.17) is 5.73 Å². The molecule has 0 radical (unpaired) electrons. The molecule has 0 bridgehead atoms. The maximum Gasteiger partial charge on any atom is 0.0405 e. The maximum absolute atomic E-state index is 5.61. The van der Waals surface area contributed by atoms with E-state index in [-0.39, 0.29) is 5.41 Å². The van der Waals surface area contributed by atoms with E-state index in [1.807, 2.05) is 0 Å². The molecule has 1 aliphatic rings. The van der Waals surface area contributed by atoms with Crippen molar-refractivity contribution in [3.63, 3.8) is 0 Å². The Morgan fingerprint density at radius 2 is 2.07 bits per heavy atom. The Kier molecular flexibility index (Phi) is 2.23. The minimum Gasteiger partial charge on any atom is -0.369 e. The van der Waals surface area contributed by atoms with Crippen LogP contribution in [0.2, 0.25) is 0 Å². The molecule has 0 aliphatic carbocycles. The highest BCUT2D eigenvalue weighted by Gasteiger charge is 2.33. The highest BCUT2D eigenvalue weighted by Crippen LogP contribution is 2.39. The van der Waals surface area contributed by atoms with Crippen LogP contribution in [0.4, 0.5) is 5.69 Å². The predicted molar refractivity (Wildman–Crippen MR) is 60.7 cm³/mol. The molecule has 2 heteroatoms. The minimum absolute atomic E-state index is 0.270. The lowest BCUT2D eigenvalue weighted by atomic mass is 9.87. The van der Waals surface area contributed by atoms with Crippen LogP contribution in [-0.4, -0.2) is 19.6 Å². The molecule has 0 fully saturated rings. The first-order valence-corrected chi connectivity index (χ1v) is 5.20. The van der Waals surface area contributed by atoms with Crippen LogP contribution in [0, 0.1) is 0 Å². The SMILES string of the molecule is CC1(C)CN(CCN)c2ccccc21. The lowest BCUT2D eigenvalue weighted by Gasteiger charge is -2.21. The summed E-state index contributed by atoms with van der Waals surface area (Å²) >= 11 is 0. The molecule has 0 atom stereocenters. The number of anilines is 1. The van der Waals surface area contributed by atoms with Gasteiger partial charge < -0.3 is 10.6 Å². The predicted octanol–water partition coefficient (Wildman–Crippen LogP) is 1.74. The molecule has 76 valence electrons. The molecule has 2 N–H and O–H groups in total. The topological polar surface area (TPSA) is 29.3 Å². The Hall–Kier alpha value is -1.02. The van der Waals surface area contributed by atoms with Crippen molar-refractivity contribution in [3.05, 3.63) is 29.8 Å². The Morgan fingerprint density at radius 1 is 1.36 bits per heavy atom. The number of para-hydroxylation sites is 1. The number of nitrogens with zero attached hydrogens (tertiary/aromatic N) is 1. The number of hydrogen-bond acceptors (Lipinski definition) is 2. The van der Waals surface area contributed by atoms with Crippen LogP contribution in [0.15, 0.2) is 24.3 Å². The zero-order chi connectivity index (χ0) is 10.2. The Labute approximate surface area is 85.7 Å². The van der Waals surface area contributed by atoms with Crippen LogP contribution in [0.5, 0.6) is 0 Å². The van der Waals surface area contributed by atoms with Gasteiger partial charge in [-0.15, -0.1) is 0 Å². The van der Waals surface area contributed by atoms with Gasteiger partial charge in [0.1, 0.15) is 0 Å². The Balaban J connectivity index is 2.39. The number of hydrogen-bond donors (Lipinski definition) is 1. The highest BCUT2D eigenvalue weighted by molar-refractivity contribution is 5.62. The molecule has 0 saturated heterocycles. The van der Waals surface area contributed by atoms with Gasteiger partial charge in [-0.1, -0.05) is 32.0 Å². The van der Waals surface area contributed by atoms with Crippen molar-refractivity contribution in [2.45, 2.75) is 19.3 Å². The van der Waals surface area contributed by atoms with Crippen molar-refractivity contribution >= 4 is 5.69 Å². The van der Waals surface area contributed by atoms with Crippen LogP contribution in [0.25, 0.3) is 0 Å². The summed E-state index contributed by atoms with van der Waals surface area (Å²) in [6, 6.07) is 8.64. The number of nitrogens with two attached hydrogens (primary N) is 1. The summed E-state index contributed by atoms with van der Waals surface area (Å²) in [6.07, 6.45) is 0. The molecule has 0 amide bonds. The molecule has 0 spiro atoms. The van der Waals surface area contributed by atoms with Gasteiger partial charge >= 0.3 is 0 Å². The van der Waals surface area contributed by atoms with Gasteiger partial charge in [-0.2, -0.15) is 0 Å². The molecule has 14 heavy (non-hydrogen) atoms. The fraction of sp³-hybridized carbons (Fsp3) is 0.500. The third kappa shape index (κ3) is 1.40. The largest absolute Gasteiger partial charge is 0.369 e. The molecule has 1 aliphatic heterocycles. The van der Waals surface area contributed by atoms with Crippen LogP contribution in [0.1, 0.15) is 19.4 Å². The molecular formula is C12H18N2. The molecule has 2 nitrogen and oxygen atoms in total. The smallest absolute Gasteiger partial charge is 0.0405 e.